The van der Waals surface area contributed by atoms with Crippen molar-refractivity contribution in [3.63, 3.8) is 0 Å². The van der Waals surface area contributed by atoms with E-state index in [0.717, 1.165) is 13.0 Å². The third-order valence-corrected chi connectivity index (χ3v) is 3.25. The molecule has 6 heteroatoms. The van der Waals surface area contributed by atoms with Crippen LogP contribution in [0.25, 0.3) is 11.0 Å². The lowest BCUT2D eigenvalue weighted by atomic mass is 10.1. The molecule has 21 heavy (non-hydrogen) atoms. The van der Waals surface area contributed by atoms with Crippen molar-refractivity contribution < 1.29 is 14.3 Å². The zero-order valence-corrected chi connectivity index (χ0v) is 11.3. The van der Waals surface area contributed by atoms with Crippen LogP contribution in [0.15, 0.2) is 47.6 Å². The highest BCUT2D eigenvalue weighted by molar-refractivity contribution is 5.99. The van der Waals surface area contributed by atoms with Crippen molar-refractivity contribution in [1.82, 2.24) is 14.9 Å². The Morgan fingerprint density at radius 1 is 1.43 bits per heavy atom. The first kappa shape index (κ1) is 13.2. The van der Waals surface area contributed by atoms with Gasteiger partial charge in [-0.15, -0.1) is 0 Å². The average Bonchev–Trinajstić information content (AvgIpc) is 3.14. The number of phenolic OH excluding ortho intramolecular Hbond substituents is 1. The fourth-order valence-electron chi connectivity index (χ4n) is 2.17. The number of imidazole rings is 1. The first-order chi connectivity index (χ1) is 10.2. The summed E-state index contributed by atoms with van der Waals surface area (Å²) in [4.78, 5) is 16.0. The van der Waals surface area contributed by atoms with Gasteiger partial charge in [0.1, 0.15) is 11.3 Å². The van der Waals surface area contributed by atoms with Crippen LogP contribution < -0.4 is 5.32 Å². The molecule has 1 amide bonds. The highest BCUT2D eigenvalue weighted by Gasteiger charge is 2.11. The minimum Gasteiger partial charge on any atom is -0.507 e. The van der Waals surface area contributed by atoms with Gasteiger partial charge in [-0.1, -0.05) is 0 Å². The second kappa shape index (κ2) is 5.70. The van der Waals surface area contributed by atoms with Crippen molar-refractivity contribution >= 4 is 16.9 Å². The van der Waals surface area contributed by atoms with Crippen LogP contribution in [-0.4, -0.2) is 27.1 Å². The van der Waals surface area contributed by atoms with E-state index < -0.39 is 0 Å². The maximum atomic E-state index is 12.0. The fourth-order valence-corrected chi connectivity index (χ4v) is 2.17. The van der Waals surface area contributed by atoms with Gasteiger partial charge in [-0.3, -0.25) is 4.79 Å². The maximum Gasteiger partial charge on any atom is 0.251 e. The van der Waals surface area contributed by atoms with Gasteiger partial charge in [0.15, 0.2) is 0 Å². The van der Waals surface area contributed by atoms with E-state index in [1.807, 2.05) is 10.8 Å². The molecule has 0 aliphatic heterocycles. The normalized spacial score (nSPS) is 10.9. The number of rotatable bonds is 5. The Kier molecular flexibility index (Phi) is 3.59. The molecule has 3 rings (SSSR count). The topological polar surface area (TPSA) is 80.3 Å². The average molecular weight is 285 g/mol. The number of carbonyl (C=O) groups is 1. The van der Waals surface area contributed by atoms with Crippen LogP contribution in [0.4, 0.5) is 0 Å². The molecule has 0 spiro atoms. The summed E-state index contributed by atoms with van der Waals surface area (Å²) in [7, 11) is 0. The van der Waals surface area contributed by atoms with Crippen molar-refractivity contribution in [3.05, 3.63) is 48.7 Å². The number of hydrogen-bond acceptors (Lipinski definition) is 4. The molecule has 0 bridgehead atoms. The van der Waals surface area contributed by atoms with Gasteiger partial charge in [-0.05, 0) is 24.6 Å². The van der Waals surface area contributed by atoms with E-state index in [-0.39, 0.29) is 11.7 Å². The standard InChI is InChI=1S/C15H15N3O3/c19-13-8-11(9-14-12(13)2-7-21-14)15(20)17-3-1-5-18-6-4-16-10-18/h2,4,6-10,19H,1,3,5H2,(H,17,20). The summed E-state index contributed by atoms with van der Waals surface area (Å²) in [6.45, 7) is 1.34. The molecule has 0 unspecified atom stereocenters. The Balaban J connectivity index is 1.58. The summed E-state index contributed by atoms with van der Waals surface area (Å²) >= 11 is 0. The van der Waals surface area contributed by atoms with Crippen LogP contribution in [0.5, 0.6) is 5.75 Å². The molecular formula is C15H15N3O3. The molecular weight excluding hydrogens is 270 g/mol. The van der Waals surface area contributed by atoms with Gasteiger partial charge in [-0.2, -0.15) is 0 Å². The van der Waals surface area contributed by atoms with Crippen molar-refractivity contribution in [2.45, 2.75) is 13.0 Å². The van der Waals surface area contributed by atoms with E-state index >= 15 is 0 Å². The van der Waals surface area contributed by atoms with Gasteiger partial charge < -0.3 is 19.4 Å². The Hall–Kier alpha value is -2.76. The Morgan fingerprint density at radius 2 is 2.33 bits per heavy atom. The zero-order chi connectivity index (χ0) is 14.7. The Labute approximate surface area is 121 Å². The van der Waals surface area contributed by atoms with Crippen LogP contribution in [-0.2, 0) is 6.54 Å². The first-order valence-electron chi connectivity index (χ1n) is 6.68. The molecule has 108 valence electrons. The van der Waals surface area contributed by atoms with E-state index in [1.165, 1.54) is 12.3 Å². The van der Waals surface area contributed by atoms with Gasteiger partial charge >= 0.3 is 0 Å². The van der Waals surface area contributed by atoms with Crippen molar-refractivity contribution in [3.8, 4) is 5.75 Å². The summed E-state index contributed by atoms with van der Waals surface area (Å²) in [6, 6.07) is 4.74. The fraction of sp³-hybridized carbons (Fsp3) is 0.200. The number of aryl methyl sites for hydroxylation is 1. The third kappa shape index (κ3) is 2.89. The molecule has 0 atom stereocenters. The molecule has 2 N–H and O–H groups in total. The quantitative estimate of drug-likeness (QED) is 0.704. The summed E-state index contributed by atoms with van der Waals surface area (Å²) in [5, 5.41) is 13.3. The number of aromatic nitrogens is 2. The molecule has 0 saturated carbocycles. The van der Waals surface area contributed by atoms with Crippen LogP contribution in [0.1, 0.15) is 16.8 Å². The minimum atomic E-state index is -0.228. The smallest absolute Gasteiger partial charge is 0.251 e. The van der Waals surface area contributed by atoms with Gasteiger partial charge in [-0.25, -0.2) is 4.98 Å². The number of furan rings is 1. The lowest BCUT2D eigenvalue weighted by Crippen LogP contribution is -2.25. The van der Waals surface area contributed by atoms with Gasteiger partial charge in [0, 0.05) is 31.0 Å². The molecule has 1 aromatic carbocycles. The number of carbonyl (C=O) groups excluding carboxylic acids is 1. The minimum absolute atomic E-state index is 0.0461. The van der Waals surface area contributed by atoms with Crippen LogP contribution in [0.3, 0.4) is 0 Å². The number of nitrogens with one attached hydrogen (secondary N) is 1. The molecule has 2 heterocycles. The predicted molar refractivity (Wildman–Crippen MR) is 77.1 cm³/mol. The highest BCUT2D eigenvalue weighted by Crippen LogP contribution is 2.27. The summed E-state index contributed by atoms with van der Waals surface area (Å²) in [5.74, 6) is -0.181. The van der Waals surface area contributed by atoms with E-state index in [9.17, 15) is 9.90 Å². The van der Waals surface area contributed by atoms with Crippen LogP contribution in [0.2, 0.25) is 0 Å². The first-order valence-corrected chi connectivity index (χ1v) is 6.68. The lowest BCUT2D eigenvalue weighted by Gasteiger charge is -2.06. The monoisotopic (exact) mass is 285 g/mol. The number of nitrogens with zero attached hydrogens (tertiary/aromatic N) is 2. The number of phenols is 1. The number of hydrogen-bond donors (Lipinski definition) is 2. The van der Waals surface area contributed by atoms with Crippen molar-refractivity contribution in [2.24, 2.45) is 0 Å². The Morgan fingerprint density at radius 3 is 3.14 bits per heavy atom. The maximum absolute atomic E-state index is 12.0. The molecule has 0 radical (unpaired) electrons. The van der Waals surface area contributed by atoms with Crippen LogP contribution >= 0.6 is 0 Å². The molecule has 0 aliphatic carbocycles. The molecule has 6 nitrogen and oxygen atoms in total. The van der Waals surface area contributed by atoms with Crippen molar-refractivity contribution in [1.29, 1.82) is 0 Å². The molecule has 0 saturated heterocycles. The summed E-state index contributed by atoms with van der Waals surface area (Å²) < 4.78 is 7.17. The number of fused-ring (bicyclic) bond motifs is 1. The Bertz CT molecular complexity index is 747. The second-order valence-corrected chi connectivity index (χ2v) is 4.74. The van der Waals surface area contributed by atoms with E-state index in [0.29, 0.717) is 23.1 Å². The highest BCUT2D eigenvalue weighted by atomic mass is 16.3. The summed E-state index contributed by atoms with van der Waals surface area (Å²) in [6.07, 6.45) is 7.63. The third-order valence-electron chi connectivity index (χ3n) is 3.25. The second-order valence-electron chi connectivity index (χ2n) is 4.74. The number of amides is 1. The van der Waals surface area contributed by atoms with E-state index in [1.54, 1.807) is 24.7 Å². The van der Waals surface area contributed by atoms with Gasteiger partial charge in [0.05, 0.1) is 18.0 Å². The predicted octanol–water partition coefficient (Wildman–Crippen LogP) is 2.15. The van der Waals surface area contributed by atoms with Crippen LogP contribution in [0, 0.1) is 0 Å². The zero-order valence-electron chi connectivity index (χ0n) is 11.3. The molecule has 0 aliphatic rings. The van der Waals surface area contributed by atoms with Crippen molar-refractivity contribution in [2.75, 3.05) is 6.54 Å². The lowest BCUT2D eigenvalue weighted by molar-refractivity contribution is 0.0952. The SMILES string of the molecule is O=C(NCCCn1ccnc1)c1cc(O)c2ccoc2c1. The van der Waals surface area contributed by atoms with E-state index in [2.05, 4.69) is 10.3 Å². The largest absolute Gasteiger partial charge is 0.507 e. The van der Waals surface area contributed by atoms with Gasteiger partial charge in [0.25, 0.3) is 5.91 Å². The molecule has 0 fully saturated rings. The number of aromatic hydroxyl groups is 1. The number of benzene rings is 1. The molecule has 2 aromatic heterocycles. The summed E-state index contributed by atoms with van der Waals surface area (Å²) in [5.41, 5.74) is 0.885. The molecule has 3 aromatic rings. The van der Waals surface area contributed by atoms with E-state index in [4.69, 9.17) is 4.42 Å². The van der Waals surface area contributed by atoms with Gasteiger partial charge in [0.2, 0.25) is 0 Å².